The summed E-state index contributed by atoms with van der Waals surface area (Å²) in [6.07, 6.45) is 2.38. The van der Waals surface area contributed by atoms with E-state index in [9.17, 15) is 0 Å². The lowest BCUT2D eigenvalue weighted by molar-refractivity contribution is 0.0586. The van der Waals surface area contributed by atoms with Crippen LogP contribution in [0.1, 0.15) is 43.9 Å². The predicted octanol–water partition coefficient (Wildman–Crippen LogP) is 3.27. The summed E-state index contributed by atoms with van der Waals surface area (Å²) in [6, 6.07) is 5.25. The molecule has 1 N–H and O–H groups in total. The molecule has 1 aliphatic heterocycles. The van der Waals surface area contributed by atoms with E-state index in [1.807, 2.05) is 11.3 Å². The second-order valence-corrected chi connectivity index (χ2v) is 7.15. The molecule has 1 fully saturated rings. The van der Waals surface area contributed by atoms with Gasteiger partial charge in [-0.15, -0.1) is 11.3 Å². The normalized spacial score (nSPS) is 24.3. The lowest BCUT2D eigenvalue weighted by atomic mass is 9.96. The number of hydrogen-bond donors (Lipinski definition) is 1. The van der Waals surface area contributed by atoms with Crippen LogP contribution in [-0.4, -0.2) is 29.6 Å². The number of aryl methyl sites for hydroxylation is 1. The van der Waals surface area contributed by atoms with Crippen molar-refractivity contribution < 1.29 is 0 Å². The first-order chi connectivity index (χ1) is 8.55. The molecule has 0 radical (unpaired) electrons. The third-order valence-electron chi connectivity index (χ3n) is 4.03. The Kier molecular flexibility index (Phi) is 4.46. The third kappa shape index (κ3) is 3.14. The van der Waals surface area contributed by atoms with Gasteiger partial charge in [-0.05, 0) is 38.8 Å². The van der Waals surface area contributed by atoms with Crippen LogP contribution in [0, 0.1) is 0 Å². The van der Waals surface area contributed by atoms with Gasteiger partial charge >= 0.3 is 0 Å². The van der Waals surface area contributed by atoms with Crippen molar-refractivity contribution in [1.82, 2.24) is 10.2 Å². The summed E-state index contributed by atoms with van der Waals surface area (Å²) in [5.74, 6) is 0. The Morgan fingerprint density at radius 3 is 2.67 bits per heavy atom. The van der Waals surface area contributed by atoms with E-state index >= 15 is 0 Å². The number of thiophene rings is 1. The van der Waals surface area contributed by atoms with E-state index < -0.39 is 0 Å². The highest BCUT2D eigenvalue weighted by Crippen LogP contribution is 2.25. The average Bonchev–Trinajstić information content (AvgIpc) is 2.79. The van der Waals surface area contributed by atoms with E-state index in [2.05, 4.69) is 50.0 Å². The maximum absolute atomic E-state index is 3.65. The summed E-state index contributed by atoms with van der Waals surface area (Å²) in [7, 11) is 0. The highest BCUT2D eigenvalue weighted by Gasteiger charge is 2.33. The predicted molar refractivity (Wildman–Crippen MR) is 80.3 cm³/mol. The minimum atomic E-state index is 0.266. The summed E-state index contributed by atoms with van der Waals surface area (Å²) in [4.78, 5) is 5.66. The minimum Gasteiger partial charge on any atom is -0.311 e. The smallest absolute Gasteiger partial charge is 0.0334 e. The lowest BCUT2D eigenvalue weighted by Crippen LogP contribution is -2.61. The molecule has 0 bridgehead atoms. The molecule has 3 heteroatoms. The molecule has 0 saturated carbocycles. The van der Waals surface area contributed by atoms with Crippen LogP contribution in [0.2, 0.25) is 0 Å². The monoisotopic (exact) mass is 266 g/mol. The van der Waals surface area contributed by atoms with Gasteiger partial charge in [0.25, 0.3) is 0 Å². The van der Waals surface area contributed by atoms with Crippen LogP contribution in [-0.2, 0) is 13.0 Å². The Morgan fingerprint density at radius 1 is 1.33 bits per heavy atom. The van der Waals surface area contributed by atoms with Crippen molar-refractivity contribution in [3.05, 3.63) is 21.9 Å². The fourth-order valence-corrected chi connectivity index (χ4v) is 3.49. The molecular formula is C15H26N2S. The van der Waals surface area contributed by atoms with E-state index in [0.717, 1.165) is 19.5 Å². The molecule has 102 valence electrons. The van der Waals surface area contributed by atoms with E-state index in [4.69, 9.17) is 0 Å². The van der Waals surface area contributed by atoms with Crippen molar-refractivity contribution in [3.63, 3.8) is 0 Å². The highest BCUT2D eigenvalue weighted by molar-refractivity contribution is 7.11. The summed E-state index contributed by atoms with van der Waals surface area (Å²) >= 11 is 1.97. The Balaban J connectivity index is 2.04. The van der Waals surface area contributed by atoms with Gasteiger partial charge in [0.2, 0.25) is 0 Å². The number of nitrogens with one attached hydrogen (secondary N) is 1. The molecule has 1 aliphatic rings. The van der Waals surface area contributed by atoms with E-state index in [-0.39, 0.29) is 5.54 Å². The van der Waals surface area contributed by atoms with Gasteiger partial charge in [-0.1, -0.05) is 13.8 Å². The van der Waals surface area contributed by atoms with Crippen LogP contribution in [0.5, 0.6) is 0 Å². The van der Waals surface area contributed by atoms with Crippen LogP contribution >= 0.6 is 11.3 Å². The number of hydrogen-bond acceptors (Lipinski definition) is 3. The van der Waals surface area contributed by atoms with Crippen LogP contribution in [0.25, 0.3) is 0 Å². The molecule has 1 unspecified atom stereocenters. The zero-order chi connectivity index (χ0) is 13.2. The van der Waals surface area contributed by atoms with Crippen molar-refractivity contribution in [2.24, 2.45) is 0 Å². The molecule has 0 aromatic carbocycles. The molecule has 1 atom stereocenters. The topological polar surface area (TPSA) is 15.3 Å². The first kappa shape index (κ1) is 14.0. The molecule has 0 aliphatic carbocycles. The van der Waals surface area contributed by atoms with Crippen LogP contribution < -0.4 is 5.32 Å². The summed E-state index contributed by atoms with van der Waals surface area (Å²) in [6.45, 7) is 12.6. The maximum Gasteiger partial charge on any atom is 0.0334 e. The Hall–Kier alpha value is -0.380. The standard InChI is InChI=1S/C15H26N2S/c1-5-12-9-17(15(3,4)11-16-12)10-14-8-7-13(6-2)18-14/h7-8,12,16H,5-6,9-11H2,1-4H3. The Morgan fingerprint density at radius 2 is 2.06 bits per heavy atom. The molecule has 1 aromatic rings. The first-order valence-corrected chi connectivity index (χ1v) is 7.93. The quantitative estimate of drug-likeness (QED) is 0.900. The van der Waals surface area contributed by atoms with Gasteiger partial charge in [0.15, 0.2) is 0 Å². The molecule has 18 heavy (non-hydrogen) atoms. The molecule has 1 saturated heterocycles. The second-order valence-electron chi connectivity index (χ2n) is 5.90. The van der Waals surface area contributed by atoms with Gasteiger partial charge < -0.3 is 5.32 Å². The number of rotatable bonds is 4. The Labute approximate surface area is 115 Å². The molecule has 0 amide bonds. The van der Waals surface area contributed by atoms with Crippen molar-refractivity contribution in [2.45, 2.75) is 58.7 Å². The van der Waals surface area contributed by atoms with Gasteiger partial charge in [-0.2, -0.15) is 0 Å². The van der Waals surface area contributed by atoms with E-state index in [1.165, 1.54) is 22.7 Å². The minimum absolute atomic E-state index is 0.266. The molecule has 2 rings (SSSR count). The number of piperazine rings is 1. The van der Waals surface area contributed by atoms with Crippen molar-refractivity contribution in [1.29, 1.82) is 0 Å². The second kappa shape index (κ2) is 5.72. The maximum atomic E-state index is 3.65. The van der Waals surface area contributed by atoms with Crippen molar-refractivity contribution in [3.8, 4) is 0 Å². The van der Waals surface area contributed by atoms with E-state index in [1.54, 1.807) is 0 Å². The van der Waals surface area contributed by atoms with Gasteiger partial charge in [-0.3, -0.25) is 4.90 Å². The summed E-state index contributed by atoms with van der Waals surface area (Å²) in [5, 5.41) is 3.65. The molecule has 2 nitrogen and oxygen atoms in total. The van der Waals surface area contributed by atoms with Crippen LogP contribution in [0.3, 0.4) is 0 Å². The van der Waals surface area contributed by atoms with E-state index in [0.29, 0.717) is 6.04 Å². The van der Waals surface area contributed by atoms with Crippen molar-refractivity contribution in [2.75, 3.05) is 13.1 Å². The fraction of sp³-hybridized carbons (Fsp3) is 0.733. The van der Waals surface area contributed by atoms with Gasteiger partial charge in [0, 0.05) is 41.0 Å². The molecule has 1 aromatic heterocycles. The zero-order valence-electron chi connectivity index (χ0n) is 12.1. The highest BCUT2D eigenvalue weighted by atomic mass is 32.1. The molecule has 0 spiro atoms. The Bertz CT molecular complexity index is 384. The largest absolute Gasteiger partial charge is 0.311 e. The fourth-order valence-electron chi connectivity index (χ4n) is 2.52. The average molecular weight is 266 g/mol. The van der Waals surface area contributed by atoms with Crippen LogP contribution in [0.15, 0.2) is 12.1 Å². The van der Waals surface area contributed by atoms with Gasteiger partial charge in [0.05, 0.1) is 0 Å². The summed E-state index contributed by atoms with van der Waals surface area (Å²) in [5.41, 5.74) is 0.266. The van der Waals surface area contributed by atoms with Crippen LogP contribution in [0.4, 0.5) is 0 Å². The molecule has 2 heterocycles. The lowest BCUT2D eigenvalue weighted by Gasteiger charge is -2.46. The van der Waals surface area contributed by atoms with Gasteiger partial charge in [0.1, 0.15) is 0 Å². The summed E-state index contributed by atoms with van der Waals surface area (Å²) < 4.78 is 0. The third-order valence-corrected chi connectivity index (χ3v) is 5.24. The number of nitrogens with zero attached hydrogens (tertiary/aromatic N) is 1. The van der Waals surface area contributed by atoms with Crippen molar-refractivity contribution >= 4 is 11.3 Å². The first-order valence-electron chi connectivity index (χ1n) is 7.11. The molecular weight excluding hydrogens is 240 g/mol. The zero-order valence-corrected chi connectivity index (χ0v) is 12.9. The SMILES string of the molecule is CCc1ccc(CN2CC(CC)NCC2(C)C)s1. The van der Waals surface area contributed by atoms with Gasteiger partial charge in [-0.25, -0.2) is 0 Å².